The van der Waals surface area contributed by atoms with Crippen LogP contribution < -0.4 is 0 Å². The first-order chi connectivity index (χ1) is 11.4. The molecule has 0 amide bonds. The molecule has 0 radical (unpaired) electrons. The van der Waals surface area contributed by atoms with Gasteiger partial charge in [-0.25, -0.2) is 0 Å². The number of benzene rings is 4. The number of fused-ring (bicyclic) bond motifs is 3. The van der Waals surface area contributed by atoms with Gasteiger partial charge in [0.15, 0.2) is 0 Å². The molecule has 3 unspecified atom stereocenters. The molecule has 5 aliphatic rings. The molecule has 4 aromatic carbocycles. The summed E-state index contributed by atoms with van der Waals surface area (Å²) in [6.07, 6.45) is 8.28. The van der Waals surface area contributed by atoms with E-state index in [1.165, 1.54) is 38.5 Å². The van der Waals surface area contributed by atoms with E-state index >= 15 is 0 Å². The monoisotopic (exact) mass is 296 g/mol. The number of rotatable bonds is 0. The molecular formula is C23H20. The number of aryl methyl sites for hydroxylation is 1. The topological polar surface area (TPSA) is 0 Å². The van der Waals surface area contributed by atoms with Crippen LogP contribution in [0, 0.1) is 0 Å². The molecule has 0 aliphatic heterocycles. The summed E-state index contributed by atoms with van der Waals surface area (Å²) in [5.74, 6) is 0.858. The molecule has 5 aliphatic carbocycles. The molecule has 3 atom stereocenters. The summed E-state index contributed by atoms with van der Waals surface area (Å²) in [4.78, 5) is 0. The Bertz CT molecular complexity index is 996. The van der Waals surface area contributed by atoms with Crippen molar-refractivity contribution in [2.24, 2.45) is 0 Å². The average Bonchev–Trinajstić information content (AvgIpc) is 3.19. The average molecular weight is 296 g/mol. The van der Waals surface area contributed by atoms with Crippen molar-refractivity contribution in [1.29, 1.82) is 0 Å². The first kappa shape index (κ1) is 11.7. The van der Waals surface area contributed by atoms with Gasteiger partial charge < -0.3 is 0 Å². The van der Waals surface area contributed by atoms with Gasteiger partial charge >= 0.3 is 0 Å². The van der Waals surface area contributed by atoms with E-state index in [-0.39, 0.29) is 0 Å². The second kappa shape index (κ2) is 3.34. The van der Waals surface area contributed by atoms with Gasteiger partial charge in [-0.1, -0.05) is 36.4 Å². The van der Waals surface area contributed by atoms with E-state index in [1.54, 1.807) is 38.6 Å². The Labute approximate surface area is 136 Å². The predicted octanol–water partition coefficient (Wildman–Crippen LogP) is 5.43. The van der Waals surface area contributed by atoms with Crippen molar-refractivity contribution in [3.63, 3.8) is 0 Å². The highest BCUT2D eigenvalue weighted by atomic mass is 14.7. The predicted molar refractivity (Wildman–Crippen MR) is 93.6 cm³/mol. The third-order valence-corrected chi connectivity index (χ3v) is 8.02. The normalized spacial score (nSPS) is 35.6. The van der Waals surface area contributed by atoms with Crippen LogP contribution in [0.4, 0.5) is 0 Å². The van der Waals surface area contributed by atoms with E-state index < -0.39 is 0 Å². The SMILES string of the molecule is c1ccc2c(c1)CCCC21c2cc3ccc2c2c3C13CCC2C3. The third kappa shape index (κ3) is 0.964. The van der Waals surface area contributed by atoms with Crippen molar-refractivity contribution >= 4 is 10.8 Å². The molecule has 23 heavy (non-hydrogen) atoms. The van der Waals surface area contributed by atoms with E-state index in [1.807, 2.05) is 0 Å². The van der Waals surface area contributed by atoms with Crippen molar-refractivity contribution in [2.75, 3.05) is 0 Å². The second-order valence-corrected chi connectivity index (χ2v) is 8.49. The minimum atomic E-state index is 0.301. The fourth-order valence-electron chi connectivity index (χ4n) is 7.52. The zero-order valence-electron chi connectivity index (χ0n) is 13.4. The van der Waals surface area contributed by atoms with Crippen LogP contribution in [0.5, 0.6) is 0 Å². The summed E-state index contributed by atoms with van der Waals surface area (Å²) >= 11 is 0. The lowest BCUT2D eigenvalue weighted by Crippen LogP contribution is -2.52. The molecule has 112 valence electrons. The summed E-state index contributed by atoms with van der Waals surface area (Å²) < 4.78 is 0. The van der Waals surface area contributed by atoms with Crippen LogP contribution in [0.15, 0.2) is 42.5 Å². The zero-order chi connectivity index (χ0) is 14.8. The van der Waals surface area contributed by atoms with Gasteiger partial charge in [-0.05, 0) is 89.1 Å². The molecule has 0 N–H and O–H groups in total. The van der Waals surface area contributed by atoms with E-state index in [9.17, 15) is 0 Å². The van der Waals surface area contributed by atoms with Gasteiger partial charge in [0.05, 0.1) is 0 Å². The van der Waals surface area contributed by atoms with Gasteiger partial charge in [-0.2, -0.15) is 0 Å². The quantitative estimate of drug-likeness (QED) is 0.518. The van der Waals surface area contributed by atoms with Gasteiger partial charge in [-0.3, -0.25) is 0 Å². The molecule has 0 nitrogen and oxygen atoms in total. The molecule has 4 aromatic rings. The highest BCUT2D eigenvalue weighted by Crippen LogP contribution is 2.74. The van der Waals surface area contributed by atoms with Crippen molar-refractivity contribution in [2.45, 2.75) is 55.3 Å². The van der Waals surface area contributed by atoms with Crippen LogP contribution in [0.3, 0.4) is 0 Å². The Kier molecular flexibility index (Phi) is 1.69. The fourth-order valence-corrected chi connectivity index (χ4v) is 7.52. The molecule has 0 heterocycles. The molecule has 9 rings (SSSR count). The molecule has 0 aromatic heterocycles. The minimum absolute atomic E-state index is 0.301. The van der Waals surface area contributed by atoms with Crippen LogP contribution in [0.25, 0.3) is 10.8 Å². The molecule has 7 bridgehead atoms. The van der Waals surface area contributed by atoms with E-state index in [0.29, 0.717) is 10.8 Å². The summed E-state index contributed by atoms with van der Waals surface area (Å²) in [5, 5.41) is 3.20. The summed E-state index contributed by atoms with van der Waals surface area (Å²) in [7, 11) is 0. The third-order valence-electron chi connectivity index (χ3n) is 8.02. The van der Waals surface area contributed by atoms with E-state index in [0.717, 1.165) is 5.92 Å². The van der Waals surface area contributed by atoms with Gasteiger partial charge in [0.1, 0.15) is 0 Å². The highest BCUT2D eigenvalue weighted by molar-refractivity contribution is 5.93. The standard InChI is InChI=1S/C23H20/c1-2-6-18-14(4-1)5-3-10-23(18)19-12-15-7-8-17(19)20-16-9-11-22(23,13-16)21(15)20/h1-2,4,6-8,12,16H,3,5,9-11,13H2. The first-order valence-corrected chi connectivity index (χ1v) is 9.33. The lowest BCUT2D eigenvalue weighted by molar-refractivity contribution is 0.231. The van der Waals surface area contributed by atoms with Gasteiger partial charge in [0, 0.05) is 10.8 Å². The smallest absolute Gasteiger partial charge is 0.0309 e. The Morgan fingerprint density at radius 2 is 1.91 bits per heavy atom. The van der Waals surface area contributed by atoms with Gasteiger partial charge in [0.2, 0.25) is 0 Å². The maximum absolute atomic E-state index is 2.57. The summed E-state index contributed by atoms with van der Waals surface area (Å²) in [6, 6.07) is 16.8. The van der Waals surface area contributed by atoms with Crippen LogP contribution in [-0.2, 0) is 17.3 Å². The lowest BCUT2D eigenvalue weighted by atomic mass is 9.46. The van der Waals surface area contributed by atoms with Crippen molar-refractivity contribution in [3.05, 3.63) is 70.3 Å². The van der Waals surface area contributed by atoms with Crippen molar-refractivity contribution in [3.8, 4) is 0 Å². The Hall–Kier alpha value is -1.82. The lowest BCUT2D eigenvalue weighted by Gasteiger charge is -2.56. The highest BCUT2D eigenvalue weighted by Gasteiger charge is 2.66. The first-order valence-electron chi connectivity index (χ1n) is 9.33. The van der Waals surface area contributed by atoms with Crippen molar-refractivity contribution in [1.82, 2.24) is 0 Å². The Morgan fingerprint density at radius 1 is 0.957 bits per heavy atom. The van der Waals surface area contributed by atoms with Crippen LogP contribution in [0.2, 0.25) is 0 Å². The molecular weight excluding hydrogens is 276 g/mol. The van der Waals surface area contributed by atoms with E-state index in [4.69, 9.17) is 0 Å². The molecule has 0 heteroatoms. The number of hydrogen-bond acceptors (Lipinski definition) is 0. The fraction of sp³-hybridized carbons (Fsp3) is 0.391. The van der Waals surface area contributed by atoms with Crippen LogP contribution in [0.1, 0.15) is 65.8 Å². The zero-order valence-corrected chi connectivity index (χ0v) is 13.4. The van der Waals surface area contributed by atoms with Gasteiger partial charge in [0.25, 0.3) is 0 Å². The van der Waals surface area contributed by atoms with Crippen LogP contribution >= 0.6 is 0 Å². The van der Waals surface area contributed by atoms with Crippen LogP contribution in [-0.4, -0.2) is 0 Å². The minimum Gasteiger partial charge on any atom is -0.0620 e. The van der Waals surface area contributed by atoms with Gasteiger partial charge in [-0.15, -0.1) is 0 Å². The van der Waals surface area contributed by atoms with E-state index in [2.05, 4.69) is 42.5 Å². The second-order valence-electron chi connectivity index (χ2n) is 8.49. The largest absolute Gasteiger partial charge is 0.0620 e. The molecule has 1 fully saturated rings. The van der Waals surface area contributed by atoms with Crippen molar-refractivity contribution < 1.29 is 0 Å². The summed E-state index contributed by atoms with van der Waals surface area (Å²) in [6.45, 7) is 0. The molecule has 1 saturated carbocycles. The Morgan fingerprint density at radius 3 is 2.91 bits per heavy atom. The summed E-state index contributed by atoms with van der Waals surface area (Å²) in [5.41, 5.74) is 9.33. The maximum Gasteiger partial charge on any atom is 0.0309 e. The number of hydrogen-bond donors (Lipinski definition) is 0. The molecule has 2 spiro atoms. The molecule has 0 saturated heterocycles. The maximum atomic E-state index is 2.57. The Balaban J connectivity index is 1.71.